The summed E-state index contributed by atoms with van der Waals surface area (Å²) < 4.78 is 22.5. The van der Waals surface area contributed by atoms with Gasteiger partial charge in [-0.1, -0.05) is 33.6 Å². The van der Waals surface area contributed by atoms with Crippen LogP contribution >= 0.6 is 0 Å². The molecule has 0 aliphatic carbocycles. The lowest BCUT2D eigenvalue weighted by Gasteiger charge is -2.14. The van der Waals surface area contributed by atoms with Crippen molar-refractivity contribution in [2.24, 2.45) is 5.92 Å². The van der Waals surface area contributed by atoms with Gasteiger partial charge in [-0.15, -0.1) is 0 Å². The predicted octanol–water partition coefficient (Wildman–Crippen LogP) is 2.23. The van der Waals surface area contributed by atoms with E-state index in [-0.39, 0.29) is 11.5 Å². The van der Waals surface area contributed by atoms with E-state index in [1.54, 1.807) is 6.92 Å². The molecule has 0 aliphatic rings. The molecule has 3 nitrogen and oxygen atoms in total. The summed E-state index contributed by atoms with van der Waals surface area (Å²) in [5, 5.41) is 3.27. The molecule has 0 aromatic heterocycles. The summed E-state index contributed by atoms with van der Waals surface area (Å²) in [6.45, 7) is 8.86. The first-order valence-corrected chi connectivity index (χ1v) is 8.13. The molecule has 1 unspecified atom stereocenters. The van der Waals surface area contributed by atoms with Crippen LogP contribution in [0.5, 0.6) is 0 Å². The van der Waals surface area contributed by atoms with Crippen molar-refractivity contribution in [2.75, 3.05) is 18.1 Å². The van der Waals surface area contributed by atoms with E-state index in [0.29, 0.717) is 12.6 Å². The zero-order valence-corrected chi connectivity index (χ0v) is 11.9. The molecule has 1 N–H and O–H groups in total. The van der Waals surface area contributed by atoms with Crippen LogP contribution in [0.3, 0.4) is 0 Å². The fourth-order valence-electron chi connectivity index (χ4n) is 1.54. The molecular weight excluding hydrogens is 222 g/mol. The lowest BCUT2D eigenvalue weighted by molar-refractivity contribution is 0.465. The second-order valence-corrected chi connectivity index (χ2v) is 7.39. The Labute approximate surface area is 101 Å². The van der Waals surface area contributed by atoms with Gasteiger partial charge in [0.05, 0.1) is 5.75 Å². The van der Waals surface area contributed by atoms with Crippen molar-refractivity contribution in [3.05, 3.63) is 0 Å². The maximum atomic E-state index is 11.2. The summed E-state index contributed by atoms with van der Waals surface area (Å²) in [5.74, 6) is 1.27. The molecule has 0 radical (unpaired) electrons. The third-order valence-electron chi connectivity index (χ3n) is 2.76. The molecule has 0 aromatic carbocycles. The molecular formula is C12H27NO2S. The highest BCUT2D eigenvalue weighted by atomic mass is 32.2. The number of hydrogen-bond donors (Lipinski definition) is 1. The average Bonchev–Trinajstić information content (AvgIpc) is 2.17. The summed E-state index contributed by atoms with van der Waals surface area (Å²) in [6, 6.07) is 0.422. The summed E-state index contributed by atoms with van der Waals surface area (Å²) in [5.41, 5.74) is 0. The highest BCUT2D eigenvalue weighted by Gasteiger charge is 2.08. The number of sulfone groups is 1. The molecule has 0 amide bonds. The Bertz CT molecular complexity index is 260. The summed E-state index contributed by atoms with van der Waals surface area (Å²) in [6.07, 6.45) is 3.59. The lowest BCUT2D eigenvalue weighted by Crippen LogP contribution is -2.31. The van der Waals surface area contributed by atoms with E-state index >= 15 is 0 Å². The van der Waals surface area contributed by atoms with Crippen molar-refractivity contribution in [1.82, 2.24) is 5.32 Å². The predicted molar refractivity (Wildman–Crippen MR) is 70.5 cm³/mol. The van der Waals surface area contributed by atoms with E-state index in [1.165, 1.54) is 12.8 Å². The molecule has 98 valence electrons. The standard InChI is InChI=1S/C12H27NO2S/c1-5-16(14,15)10-9-13-12(4)8-6-7-11(2)3/h11-13H,5-10H2,1-4H3. The van der Waals surface area contributed by atoms with E-state index in [1.807, 2.05) is 0 Å². The van der Waals surface area contributed by atoms with Crippen LogP contribution in [-0.2, 0) is 9.84 Å². The zero-order chi connectivity index (χ0) is 12.6. The second-order valence-electron chi connectivity index (χ2n) is 4.92. The van der Waals surface area contributed by atoms with Gasteiger partial charge in [0.15, 0.2) is 9.84 Å². The number of nitrogens with one attached hydrogen (secondary N) is 1. The molecule has 1 atom stereocenters. The molecule has 0 saturated heterocycles. The Morgan fingerprint density at radius 1 is 1.12 bits per heavy atom. The summed E-state index contributed by atoms with van der Waals surface area (Å²) in [7, 11) is -2.81. The molecule has 0 bridgehead atoms. The normalized spacial score (nSPS) is 14.3. The zero-order valence-electron chi connectivity index (χ0n) is 11.1. The fraction of sp³-hybridized carbons (Fsp3) is 1.00. The molecule has 4 heteroatoms. The summed E-state index contributed by atoms with van der Waals surface area (Å²) in [4.78, 5) is 0. The SMILES string of the molecule is CCS(=O)(=O)CCNC(C)CCCC(C)C. The monoisotopic (exact) mass is 249 g/mol. The van der Waals surface area contributed by atoms with E-state index < -0.39 is 9.84 Å². The largest absolute Gasteiger partial charge is 0.313 e. The maximum absolute atomic E-state index is 11.2. The minimum atomic E-state index is -2.81. The van der Waals surface area contributed by atoms with Crippen LogP contribution < -0.4 is 5.32 Å². The Hall–Kier alpha value is -0.0900. The number of hydrogen-bond acceptors (Lipinski definition) is 3. The van der Waals surface area contributed by atoms with Crippen molar-refractivity contribution in [3.63, 3.8) is 0 Å². The van der Waals surface area contributed by atoms with Crippen LogP contribution in [0.2, 0.25) is 0 Å². The Balaban J connectivity index is 3.55. The van der Waals surface area contributed by atoms with E-state index in [9.17, 15) is 8.42 Å². The molecule has 0 fully saturated rings. The topological polar surface area (TPSA) is 46.2 Å². The van der Waals surface area contributed by atoms with Gasteiger partial charge in [0.1, 0.15) is 0 Å². The first-order chi connectivity index (χ1) is 7.37. The van der Waals surface area contributed by atoms with Gasteiger partial charge in [0.2, 0.25) is 0 Å². The first kappa shape index (κ1) is 15.9. The van der Waals surface area contributed by atoms with E-state index in [4.69, 9.17) is 0 Å². The average molecular weight is 249 g/mol. The molecule has 0 aromatic rings. The van der Waals surface area contributed by atoms with Gasteiger partial charge < -0.3 is 5.32 Å². The maximum Gasteiger partial charge on any atom is 0.151 e. The molecule has 0 rings (SSSR count). The van der Waals surface area contributed by atoms with Gasteiger partial charge in [-0.25, -0.2) is 8.42 Å². The van der Waals surface area contributed by atoms with E-state index in [0.717, 1.165) is 12.3 Å². The minimum absolute atomic E-state index is 0.246. The van der Waals surface area contributed by atoms with Crippen LogP contribution in [0, 0.1) is 5.92 Å². The van der Waals surface area contributed by atoms with Gasteiger partial charge in [0, 0.05) is 18.3 Å². The second kappa shape index (κ2) is 8.07. The van der Waals surface area contributed by atoms with Crippen molar-refractivity contribution in [2.45, 2.75) is 53.0 Å². The third-order valence-corrected chi connectivity index (χ3v) is 4.47. The van der Waals surface area contributed by atoms with Gasteiger partial charge in [0.25, 0.3) is 0 Å². The highest BCUT2D eigenvalue weighted by Crippen LogP contribution is 2.07. The van der Waals surface area contributed by atoms with E-state index in [2.05, 4.69) is 26.1 Å². The number of rotatable bonds is 9. The van der Waals surface area contributed by atoms with Gasteiger partial charge in [-0.05, 0) is 19.3 Å². The minimum Gasteiger partial charge on any atom is -0.313 e. The summed E-state index contributed by atoms with van der Waals surface area (Å²) >= 11 is 0. The first-order valence-electron chi connectivity index (χ1n) is 6.31. The molecule has 0 spiro atoms. The van der Waals surface area contributed by atoms with Gasteiger partial charge >= 0.3 is 0 Å². The van der Waals surface area contributed by atoms with Gasteiger partial charge in [-0.3, -0.25) is 0 Å². The quantitative estimate of drug-likeness (QED) is 0.681. The van der Waals surface area contributed by atoms with Crippen molar-refractivity contribution in [3.8, 4) is 0 Å². The molecule has 0 aliphatic heterocycles. The van der Waals surface area contributed by atoms with Crippen molar-refractivity contribution < 1.29 is 8.42 Å². The molecule has 16 heavy (non-hydrogen) atoms. The Morgan fingerprint density at radius 2 is 1.75 bits per heavy atom. The van der Waals surface area contributed by atoms with Crippen LogP contribution in [0.4, 0.5) is 0 Å². The van der Waals surface area contributed by atoms with Gasteiger partial charge in [-0.2, -0.15) is 0 Å². The van der Waals surface area contributed by atoms with Crippen LogP contribution in [0.1, 0.15) is 47.0 Å². The van der Waals surface area contributed by atoms with Crippen LogP contribution in [-0.4, -0.2) is 32.5 Å². The molecule has 0 heterocycles. The van der Waals surface area contributed by atoms with Crippen molar-refractivity contribution in [1.29, 1.82) is 0 Å². The van der Waals surface area contributed by atoms with Crippen LogP contribution in [0.25, 0.3) is 0 Å². The lowest BCUT2D eigenvalue weighted by atomic mass is 10.0. The van der Waals surface area contributed by atoms with Crippen LogP contribution in [0.15, 0.2) is 0 Å². The Morgan fingerprint density at radius 3 is 2.25 bits per heavy atom. The highest BCUT2D eigenvalue weighted by molar-refractivity contribution is 7.91. The van der Waals surface area contributed by atoms with Crippen molar-refractivity contribution >= 4 is 9.84 Å². The smallest absolute Gasteiger partial charge is 0.151 e. The Kier molecular flexibility index (Phi) is 8.02. The fourth-order valence-corrected chi connectivity index (χ4v) is 2.26. The third kappa shape index (κ3) is 9.16. The molecule has 0 saturated carbocycles.